The molecule has 0 saturated heterocycles. The van der Waals surface area contributed by atoms with E-state index in [1.165, 1.54) is 7.11 Å². The van der Waals surface area contributed by atoms with Crippen LogP contribution < -0.4 is 14.2 Å². The van der Waals surface area contributed by atoms with Crippen LogP contribution in [0.3, 0.4) is 0 Å². The highest BCUT2D eigenvalue weighted by atomic mass is 32.2. The summed E-state index contributed by atoms with van der Waals surface area (Å²) in [5.41, 5.74) is 1.40. The van der Waals surface area contributed by atoms with Gasteiger partial charge in [0.05, 0.1) is 13.7 Å². The van der Waals surface area contributed by atoms with Gasteiger partial charge < -0.3 is 9.47 Å². The van der Waals surface area contributed by atoms with E-state index in [0.717, 1.165) is 12.0 Å². The summed E-state index contributed by atoms with van der Waals surface area (Å²) in [7, 11) is -2.27. The normalized spacial score (nSPS) is 11.1. The van der Waals surface area contributed by atoms with Gasteiger partial charge >= 0.3 is 0 Å². The van der Waals surface area contributed by atoms with Crippen LogP contribution in [0, 0.1) is 0 Å². The van der Waals surface area contributed by atoms with Gasteiger partial charge in [-0.25, -0.2) is 8.42 Å². The van der Waals surface area contributed by atoms with Crippen molar-refractivity contribution in [2.45, 2.75) is 25.2 Å². The van der Waals surface area contributed by atoms with Crippen LogP contribution in [-0.2, 0) is 16.4 Å². The fourth-order valence-corrected chi connectivity index (χ4v) is 3.43. The molecule has 0 aliphatic heterocycles. The summed E-state index contributed by atoms with van der Waals surface area (Å²) in [6.07, 6.45) is 0.746. The highest BCUT2D eigenvalue weighted by molar-refractivity contribution is 7.92. The molecule has 6 heteroatoms. The molecule has 0 heterocycles. The number of hydrogen-bond donors (Lipinski definition) is 1. The van der Waals surface area contributed by atoms with E-state index in [1.807, 2.05) is 19.9 Å². The molecule has 0 bridgehead atoms. The molecule has 0 amide bonds. The van der Waals surface area contributed by atoms with Crippen LogP contribution in [0.5, 0.6) is 11.5 Å². The van der Waals surface area contributed by atoms with Crippen LogP contribution in [0.15, 0.2) is 47.4 Å². The molecule has 124 valence electrons. The highest BCUT2D eigenvalue weighted by Gasteiger charge is 2.20. The van der Waals surface area contributed by atoms with Gasteiger partial charge in [-0.3, -0.25) is 4.72 Å². The van der Waals surface area contributed by atoms with Crippen LogP contribution >= 0.6 is 0 Å². The molecule has 2 aromatic rings. The highest BCUT2D eigenvalue weighted by Crippen LogP contribution is 2.27. The molecule has 0 spiro atoms. The van der Waals surface area contributed by atoms with Crippen molar-refractivity contribution in [3.05, 3.63) is 48.0 Å². The van der Waals surface area contributed by atoms with Gasteiger partial charge in [-0.05, 0) is 55.3 Å². The van der Waals surface area contributed by atoms with Crippen molar-refractivity contribution in [3.63, 3.8) is 0 Å². The number of rotatable bonds is 7. The molecule has 5 nitrogen and oxygen atoms in total. The van der Waals surface area contributed by atoms with Crippen molar-refractivity contribution >= 4 is 15.7 Å². The van der Waals surface area contributed by atoms with Gasteiger partial charge in [-0.15, -0.1) is 0 Å². The van der Waals surface area contributed by atoms with E-state index in [-0.39, 0.29) is 4.90 Å². The van der Waals surface area contributed by atoms with Crippen molar-refractivity contribution in [1.82, 2.24) is 0 Å². The van der Waals surface area contributed by atoms with Gasteiger partial charge in [0.25, 0.3) is 10.0 Å². The summed E-state index contributed by atoms with van der Waals surface area (Å²) < 4.78 is 38.4. The Kier molecular flexibility index (Phi) is 5.50. The quantitative estimate of drug-likeness (QED) is 0.841. The number of anilines is 1. The Labute approximate surface area is 137 Å². The first kappa shape index (κ1) is 17.1. The summed E-state index contributed by atoms with van der Waals surface area (Å²) in [5.74, 6) is 1.02. The second kappa shape index (κ2) is 7.37. The fourth-order valence-electron chi connectivity index (χ4n) is 2.15. The summed E-state index contributed by atoms with van der Waals surface area (Å²) in [4.78, 5) is 0.133. The Morgan fingerprint density at radius 3 is 2.30 bits per heavy atom. The minimum absolute atomic E-state index is 0.133. The van der Waals surface area contributed by atoms with E-state index >= 15 is 0 Å². The molecule has 0 unspecified atom stereocenters. The topological polar surface area (TPSA) is 64.6 Å². The standard InChI is InChI=1S/C17H21NO4S/c1-4-13-6-11-16(21-3)17(12-13)23(19,20)18-14-7-9-15(10-8-14)22-5-2/h6-12,18H,4-5H2,1-3H3. The molecule has 2 rings (SSSR count). The molecule has 0 aliphatic carbocycles. The number of ether oxygens (including phenoxy) is 2. The molecule has 0 radical (unpaired) electrons. The van der Waals surface area contributed by atoms with Crippen molar-refractivity contribution in [2.75, 3.05) is 18.4 Å². The summed E-state index contributed by atoms with van der Waals surface area (Å²) in [6, 6.07) is 11.9. The number of nitrogens with one attached hydrogen (secondary N) is 1. The predicted octanol–water partition coefficient (Wildman–Crippen LogP) is 3.46. The molecule has 0 saturated carbocycles. The van der Waals surface area contributed by atoms with Crippen molar-refractivity contribution in [1.29, 1.82) is 0 Å². The Bertz CT molecular complexity index is 755. The van der Waals surface area contributed by atoms with E-state index < -0.39 is 10.0 Å². The Hall–Kier alpha value is -2.21. The molecule has 0 aliphatic rings. The van der Waals surface area contributed by atoms with Crippen molar-refractivity contribution in [3.8, 4) is 11.5 Å². The summed E-state index contributed by atoms with van der Waals surface area (Å²) >= 11 is 0. The average Bonchev–Trinajstić information content (AvgIpc) is 2.56. The molecular formula is C17H21NO4S. The lowest BCUT2D eigenvalue weighted by Crippen LogP contribution is -2.14. The van der Waals surface area contributed by atoms with Crippen molar-refractivity contribution in [2.24, 2.45) is 0 Å². The third-order valence-electron chi connectivity index (χ3n) is 3.34. The van der Waals surface area contributed by atoms with Gasteiger partial charge in [0.15, 0.2) is 0 Å². The van der Waals surface area contributed by atoms with E-state index in [4.69, 9.17) is 9.47 Å². The number of benzene rings is 2. The third-order valence-corrected chi connectivity index (χ3v) is 4.75. The Morgan fingerprint density at radius 1 is 1.04 bits per heavy atom. The molecule has 0 atom stereocenters. The second-order valence-corrected chi connectivity index (χ2v) is 6.55. The molecule has 0 aromatic heterocycles. The molecular weight excluding hydrogens is 314 g/mol. The zero-order valence-electron chi connectivity index (χ0n) is 13.5. The van der Waals surface area contributed by atoms with Crippen LogP contribution in [0.4, 0.5) is 5.69 Å². The lowest BCUT2D eigenvalue weighted by molar-refractivity contribution is 0.340. The molecule has 0 fully saturated rings. The van der Waals surface area contributed by atoms with Gasteiger partial charge in [0.2, 0.25) is 0 Å². The lowest BCUT2D eigenvalue weighted by atomic mass is 10.2. The lowest BCUT2D eigenvalue weighted by Gasteiger charge is -2.13. The maximum Gasteiger partial charge on any atom is 0.265 e. The minimum atomic E-state index is -3.73. The first-order valence-electron chi connectivity index (χ1n) is 7.42. The molecule has 23 heavy (non-hydrogen) atoms. The van der Waals surface area contributed by atoms with E-state index in [1.54, 1.807) is 36.4 Å². The number of aryl methyl sites for hydroxylation is 1. The Morgan fingerprint density at radius 2 is 1.74 bits per heavy atom. The van der Waals surface area contributed by atoms with Gasteiger partial charge in [-0.1, -0.05) is 13.0 Å². The largest absolute Gasteiger partial charge is 0.495 e. The van der Waals surface area contributed by atoms with Crippen LogP contribution in [0.1, 0.15) is 19.4 Å². The number of hydrogen-bond acceptors (Lipinski definition) is 4. The number of sulfonamides is 1. The second-order valence-electron chi connectivity index (χ2n) is 4.90. The predicted molar refractivity (Wildman–Crippen MR) is 90.8 cm³/mol. The van der Waals surface area contributed by atoms with E-state index in [2.05, 4.69) is 4.72 Å². The SMILES string of the molecule is CCOc1ccc(NS(=O)(=O)c2cc(CC)ccc2OC)cc1. The summed E-state index contributed by atoms with van der Waals surface area (Å²) in [6.45, 7) is 4.42. The maximum absolute atomic E-state index is 12.6. The van der Waals surface area contributed by atoms with Gasteiger partial charge in [0.1, 0.15) is 16.4 Å². The Balaban J connectivity index is 2.31. The van der Waals surface area contributed by atoms with Gasteiger partial charge in [0, 0.05) is 5.69 Å². The molecule has 2 aromatic carbocycles. The number of methoxy groups -OCH3 is 1. The zero-order chi connectivity index (χ0) is 16.9. The first-order chi connectivity index (χ1) is 11.0. The van der Waals surface area contributed by atoms with E-state index in [0.29, 0.717) is 23.8 Å². The van der Waals surface area contributed by atoms with Crippen LogP contribution in [0.2, 0.25) is 0 Å². The van der Waals surface area contributed by atoms with Crippen molar-refractivity contribution < 1.29 is 17.9 Å². The van der Waals surface area contributed by atoms with Crippen LogP contribution in [0.25, 0.3) is 0 Å². The average molecular weight is 335 g/mol. The zero-order valence-corrected chi connectivity index (χ0v) is 14.3. The maximum atomic E-state index is 12.6. The minimum Gasteiger partial charge on any atom is -0.495 e. The fraction of sp³-hybridized carbons (Fsp3) is 0.294. The smallest absolute Gasteiger partial charge is 0.265 e. The first-order valence-corrected chi connectivity index (χ1v) is 8.91. The van der Waals surface area contributed by atoms with E-state index in [9.17, 15) is 8.42 Å². The van der Waals surface area contributed by atoms with Gasteiger partial charge in [-0.2, -0.15) is 0 Å². The summed E-state index contributed by atoms with van der Waals surface area (Å²) in [5, 5.41) is 0. The third kappa shape index (κ3) is 4.16. The van der Waals surface area contributed by atoms with Crippen LogP contribution in [-0.4, -0.2) is 22.1 Å². The molecule has 1 N–H and O–H groups in total. The monoisotopic (exact) mass is 335 g/mol.